The molecule has 3 heterocycles. The standard InChI is InChI=1S/C25H43N3O2S2.C2H6/c1-19-15-25(23-22(8-12-29-25)14-20(2)31-23)9-11-28(19)18-21(16-26)17-27-10-13-30-32(6,7)24(3,4)5;1-2/h14,16-17,19H,8-13,15,18,26H2,1-7H3;1-2H3/b21-16+,27-17?;/t19-,25+;/m0./s1. The third kappa shape index (κ3) is 7.10. The van der Waals surface area contributed by atoms with Gasteiger partial charge in [-0.3, -0.25) is 9.89 Å². The number of thiophene rings is 1. The lowest BCUT2D eigenvalue weighted by Gasteiger charge is -2.47. The predicted octanol–water partition coefficient (Wildman–Crippen LogP) is 6.04. The molecule has 1 spiro atoms. The molecule has 2 aliphatic heterocycles. The van der Waals surface area contributed by atoms with Gasteiger partial charge in [-0.2, -0.15) is 0 Å². The van der Waals surface area contributed by atoms with Crippen molar-refractivity contribution in [3.63, 3.8) is 0 Å². The SMILES string of the molecule is CC.Cc1cc2c(s1)[C@]1(CCN(C/C(C=NCCOS(C)(C)C(C)(C)C)=C/N)[C@@H](C)C1)OCC2. The second-order valence-corrected chi connectivity index (χ2v) is 15.7. The molecule has 1 aromatic rings. The van der Waals surface area contributed by atoms with Crippen LogP contribution < -0.4 is 5.73 Å². The summed E-state index contributed by atoms with van der Waals surface area (Å²) >= 11 is 1.93. The molecule has 5 nitrogen and oxygen atoms in total. The highest BCUT2D eigenvalue weighted by molar-refractivity contribution is 8.29. The smallest absolute Gasteiger partial charge is 0.105 e. The first-order chi connectivity index (χ1) is 16.0. The van der Waals surface area contributed by atoms with Crippen molar-refractivity contribution in [2.75, 3.05) is 45.4 Å². The minimum Gasteiger partial charge on any atom is -0.404 e. The normalized spacial score (nSPS) is 24.7. The molecule has 2 N–H and O–H groups in total. The average molecular weight is 512 g/mol. The van der Waals surface area contributed by atoms with E-state index in [1.165, 1.54) is 15.3 Å². The van der Waals surface area contributed by atoms with Crippen LogP contribution in [0.1, 0.15) is 69.7 Å². The quantitative estimate of drug-likeness (QED) is 0.358. The summed E-state index contributed by atoms with van der Waals surface area (Å²) in [6.07, 6.45) is 11.2. The van der Waals surface area contributed by atoms with E-state index in [9.17, 15) is 0 Å². The zero-order valence-electron chi connectivity index (χ0n) is 23.1. The Morgan fingerprint density at radius 1 is 1.38 bits per heavy atom. The Morgan fingerprint density at radius 2 is 2.09 bits per heavy atom. The molecule has 3 rings (SSSR count). The van der Waals surface area contributed by atoms with Crippen molar-refractivity contribution >= 4 is 27.9 Å². The minimum atomic E-state index is -1.10. The highest BCUT2D eigenvalue weighted by atomic mass is 32.3. The van der Waals surface area contributed by atoms with Gasteiger partial charge in [0.15, 0.2) is 0 Å². The van der Waals surface area contributed by atoms with Crippen molar-refractivity contribution in [1.29, 1.82) is 0 Å². The number of ether oxygens (including phenoxy) is 1. The summed E-state index contributed by atoms with van der Waals surface area (Å²) in [7, 11) is -1.10. The zero-order chi connectivity index (χ0) is 25.6. The molecule has 0 saturated carbocycles. The number of nitrogens with zero attached hydrogens (tertiary/aromatic N) is 2. The fourth-order valence-corrected chi connectivity index (χ4v) is 6.50. The number of aryl methyl sites for hydroxylation is 1. The van der Waals surface area contributed by atoms with Gasteiger partial charge in [0.05, 0.1) is 19.8 Å². The Balaban J connectivity index is 0.00000199. The van der Waals surface area contributed by atoms with Gasteiger partial charge < -0.3 is 14.7 Å². The van der Waals surface area contributed by atoms with Crippen molar-refractivity contribution in [1.82, 2.24) is 4.90 Å². The Bertz CT molecular complexity index is 841. The molecule has 0 aromatic carbocycles. The molecule has 7 heteroatoms. The summed E-state index contributed by atoms with van der Waals surface area (Å²) in [6, 6.07) is 2.79. The molecule has 0 amide bonds. The van der Waals surface area contributed by atoms with E-state index in [4.69, 9.17) is 14.7 Å². The summed E-state index contributed by atoms with van der Waals surface area (Å²) in [5, 5.41) is 0. The van der Waals surface area contributed by atoms with Gasteiger partial charge in [-0.05, 0) is 69.0 Å². The first kappa shape index (κ1) is 29.4. The van der Waals surface area contributed by atoms with Crippen molar-refractivity contribution < 1.29 is 8.92 Å². The lowest BCUT2D eigenvalue weighted by atomic mass is 9.82. The highest BCUT2D eigenvalue weighted by Gasteiger charge is 2.44. The van der Waals surface area contributed by atoms with Crippen LogP contribution in [0, 0.1) is 6.92 Å². The van der Waals surface area contributed by atoms with Crippen molar-refractivity contribution in [3.8, 4) is 0 Å². The molecule has 2 aliphatic rings. The molecule has 0 radical (unpaired) electrons. The van der Waals surface area contributed by atoms with Crippen LogP contribution in [-0.4, -0.2) is 67.3 Å². The number of hydrogen-bond acceptors (Lipinski definition) is 6. The molecule has 2 atom stereocenters. The second kappa shape index (κ2) is 12.4. The van der Waals surface area contributed by atoms with E-state index < -0.39 is 10.3 Å². The van der Waals surface area contributed by atoms with E-state index in [0.717, 1.165) is 44.5 Å². The van der Waals surface area contributed by atoms with Gasteiger partial charge in [0.25, 0.3) is 0 Å². The summed E-state index contributed by atoms with van der Waals surface area (Å²) in [6.45, 7) is 19.2. The molecular formula is C27H49N3O2S2. The van der Waals surface area contributed by atoms with Gasteiger partial charge in [-0.1, -0.05) is 34.6 Å². The maximum absolute atomic E-state index is 6.45. The molecule has 1 saturated heterocycles. The summed E-state index contributed by atoms with van der Waals surface area (Å²) in [5.41, 5.74) is 8.42. The van der Waals surface area contributed by atoms with Gasteiger partial charge in [-0.25, -0.2) is 0 Å². The van der Waals surface area contributed by atoms with E-state index in [1.807, 2.05) is 31.4 Å². The number of fused-ring (bicyclic) bond motifs is 2. The molecular weight excluding hydrogens is 462 g/mol. The first-order valence-electron chi connectivity index (χ1n) is 12.7. The van der Waals surface area contributed by atoms with Crippen LogP contribution in [0.3, 0.4) is 0 Å². The van der Waals surface area contributed by atoms with Crippen molar-refractivity contribution in [2.24, 2.45) is 10.7 Å². The second-order valence-electron chi connectivity index (χ2n) is 10.5. The van der Waals surface area contributed by atoms with E-state index in [2.05, 4.69) is 63.1 Å². The maximum atomic E-state index is 6.45. The van der Waals surface area contributed by atoms with E-state index in [0.29, 0.717) is 19.2 Å². The number of nitrogens with two attached hydrogens (primary N) is 1. The summed E-state index contributed by atoms with van der Waals surface area (Å²) < 4.78 is 12.8. The number of piperidine rings is 1. The Morgan fingerprint density at radius 3 is 2.71 bits per heavy atom. The predicted molar refractivity (Wildman–Crippen MR) is 153 cm³/mol. The van der Waals surface area contributed by atoms with E-state index >= 15 is 0 Å². The van der Waals surface area contributed by atoms with Crippen LogP contribution in [-0.2, 0) is 20.9 Å². The minimum absolute atomic E-state index is 0.0946. The van der Waals surface area contributed by atoms with E-state index in [1.54, 1.807) is 6.20 Å². The lowest BCUT2D eigenvalue weighted by molar-refractivity contribution is -0.107. The Labute approximate surface area is 214 Å². The monoisotopic (exact) mass is 511 g/mol. The fourth-order valence-electron chi connectivity index (χ4n) is 4.41. The lowest BCUT2D eigenvalue weighted by Crippen LogP contribution is -2.50. The molecule has 0 unspecified atom stereocenters. The van der Waals surface area contributed by atoms with Crippen LogP contribution in [0.5, 0.6) is 0 Å². The Kier molecular flexibility index (Phi) is 10.7. The van der Waals surface area contributed by atoms with Crippen LogP contribution in [0.2, 0.25) is 0 Å². The third-order valence-corrected chi connectivity index (χ3v) is 12.1. The van der Waals surface area contributed by atoms with Crippen molar-refractivity contribution in [2.45, 2.75) is 84.1 Å². The van der Waals surface area contributed by atoms with E-state index in [-0.39, 0.29) is 10.3 Å². The van der Waals surface area contributed by atoms with Gasteiger partial charge >= 0.3 is 0 Å². The number of likely N-dealkylation sites (tertiary alicyclic amines) is 1. The molecule has 0 aliphatic carbocycles. The highest BCUT2D eigenvalue weighted by Crippen LogP contribution is 2.53. The molecule has 1 aromatic heterocycles. The molecule has 0 bridgehead atoms. The fraction of sp³-hybridized carbons (Fsp3) is 0.741. The molecule has 34 heavy (non-hydrogen) atoms. The van der Waals surface area contributed by atoms with Gasteiger partial charge in [0.1, 0.15) is 5.60 Å². The van der Waals surface area contributed by atoms with Crippen LogP contribution in [0.25, 0.3) is 0 Å². The molecule has 196 valence electrons. The molecule has 1 fully saturated rings. The van der Waals surface area contributed by atoms with Crippen LogP contribution in [0.4, 0.5) is 0 Å². The number of hydrogen-bond donors (Lipinski definition) is 1. The summed E-state index contributed by atoms with van der Waals surface area (Å²) in [4.78, 5) is 9.99. The first-order valence-corrected chi connectivity index (χ1v) is 15.9. The number of aliphatic imine (C=N–C) groups is 1. The van der Waals surface area contributed by atoms with Gasteiger partial charge in [0, 0.05) is 39.8 Å². The zero-order valence-corrected chi connectivity index (χ0v) is 24.7. The maximum Gasteiger partial charge on any atom is 0.105 e. The van der Waals surface area contributed by atoms with Crippen molar-refractivity contribution in [3.05, 3.63) is 33.2 Å². The van der Waals surface area contributed by atoms with Crippen LogP contribution in [0.15, 0.2) is 22.8 Å². The average Bonchev–Trinajstić information content (AvgIpc) is 3.17. The van der Waals surface area contributed by atoms with Gasteiger partial charge in [-0.15, -0.1) is 21.6 Å². The summed E-state index contributed by atoms with van der Waals surface area (Å²) in [5.74, 6) is 0. The van der Waals surface area contributed by atoms with Gasteiger partial charge in [0.2, 0.25) is 0 Å². The Hall–Kier alpha value is -0.860. The third-order valence-electron chi connectivity index (χ3n) is 7.08. The number of rotatable bonds is 7. The van der Waals surface area contributed by atoms with Crippen LogP contribution >= 0.6 is 21.6 Å². The largest absolute Gasteiger partial charge is 0.404 e. The topological polar surface area (TPSA) is 60.1 Å².